The average molecular weight is 267 g/mol. The predicted octanol–water partition coefficient (Wildman–Crippen LogP) is -0.331. The molecular weight excluding hydrogens is 254 g/mol. The fraction of sp³-hybridized carbons (Fsp3) is 0.364. The molecule has 6 nitrogen and oxygen atoms in total. The van der Waals surface area contributed by atoms with Gasteiger partial charge in [0.15, 0.2) is 0 Å². The van der Waals surface area contributed by atoms with Gasteiger partial charge < -0.3 is 11.1 Å². The summed E-state index contributed by atoms with van der Waals surface area (Å²) in [7, 11) is 0. The van der Waals surface area contributed by atoms with Gasteiger partial charge in [-0.3, -0.25) is 19.7 Å². The molecule has 1 saturated heterocycles. The fourth-order valence-electron chi connectivity index (χ4n) is 1.69. The van der Waals surface area contributed by atoms with Crippen LogP contribution < -0.4 is 16.4 Å². The minimum Gasteiger partial charge on any atom is -0.343 e. The van der Waals surface area contributed by atoms with Crippen molar-refractivity contribution >= 4 is 29.1 Å². The van der Waals surface area contributed by atoms with Crippen LogP contribution in [-0.4, -0.2) is 23.8 Å². The highest BCUT2D eigenvalue weighted by Crippen LogP contribution is 2.17. The van der Waals surface area contributed by atoms with E-state index in [1.165, 1.54) is 11.3 Å². The van der Waals surface area contributed by atoms with Gasteiger partial charge in [-0.1, -0.05) is 6.07 Å². The van der Waals surface area contributed by atoms with Gasteiger partial charge in [0.1, 0.15) is 12.1 Å². The quantitative estimate of drug-likeness (QED) is 0.653. The molecule has 0 radical (unpaired) electrons. The first-order valence-corrected chi connectivity index (χ1v) is 6.39. The van der Waals surface area contributed by atoms with E-state index in [2.05, 4.69) is 10.6 Å². The Balaban J connectivity index is 1.95. The van der Waals surface area contributed by atoms with Crippen LogP contribution >= 0.6 is 11.3 Å². The molecule has 0 bridgehead atoms. The predicted molar refractivity (Wildman–Crippen MR) is 65.6 cm³/mol. The van der Waals surface area contributed by atoms with E-state index >= 15 is 0 Å². The first-order chi connectivity index (χ1) is 8.58. The Hall–Kier alpha value is -1.73. The van der Waals surface area contributed by atoms with E-state index in [1.807, 2.05) is 5.38 Å². The summed E-state index contributed by atoms with van der Waals surface area (Å²) >= 11 is 1.38. The molecule has 1 fully saturated rings. The van der Waals surface area contributed by atoms with Gasteiger partial charge >= 0.3 is 0 Å². The van der Waals surface area contributed by atoms with Gasteiger partial charge in [0.2, 0.25) is 17.7 Å². The smallest absolute Gasteiger partial charge is 0.249 e. The second-order valence-electron chi connectivity index (χ2n) is 4.01. The Kier molecular flexibility index (Phi) is 3.73. The SMILES string of the molecule is NC(C(=O)NC1CCC(=O)NC1=O)c1cccs1. The first-order valence-electron chi connectivity index (χ1n) is 5.51. The molecule has 96 valence electrons. The fourth-order valence-corrected chi connectivity index (χ4v) is 2.42. The normalized spacial score (nSPS) is 21.3. The number of rotatable bonds is 3. The molecule has 1 aromatic heterocycles. The third kappa shape index (κ3) is 2.74. The summed E-state index contributed by atoms with van der Waals surface area (Å²) < 4.78 is 0. The zero-order valence-electron chi connectivity index (χ0n) is 9.51. The van der Waals surface area contributed by atoms with Crippen molar-refractivity contribution in [1.29, 1.82) is 0 Å². The van der Waals surface area contributed by atoms with Crippen LogP contribution in [-0.2, 0) is 14.4 Å². The molecule has 0 saturated carbocycles. The Labute approximate surface area is 108 Å². The molecule has 1 aliphatic rings. The van der Waals surface area contributed by atoms with Crippen molar-refractivity contribution in [2.24, 2.45) is 5.73 Å². The van der Waals surface area contributed by atoms with Crippen LogP contribution in [0.4, 0.5) is 0 Å². The number of carbonyl (C=O) groups excluding carboxylic acids is 3. The monoisotopic (exact) mass is 267 g/mol. The maximum atomic E-state index is 11.8. The highest BCUT2D eigenvalue weighted by Gasteiger charge is 2.29. The van der Waals surface area contributed by atoms with E-state index in [1.54, 1.807) is 12.1 Å². The van der Waals surface area contributed by atoms with Crippen LogP contribution in [0.15, 0.2) is 17.5 Å². The van der Waals surface area contributed by atoms with Crippen molar-refractivity contribution in [1.82, 2.24) is 10.6 Å². The van der Waals surface area contributed by atoms with Crippen LogP contribution in [0.25, 0.3) is 0 Å². The number of amides is 3. The summed E-state index contributed by atoms with van der Waals surface area (Å²) in [5.74, 6) is -1.20. The third-order valence-electron chi connectivity index (χ3n) is 2.69. The number of nitrogens with two attached hydrogens (primary N) is 1. The molecule has 0 aliphatic carbocycles. The van der Waals surface area contributed by atoms with Gasteiger partial charge in [-0.25, -0.2) is 0 Å². The number of carbonyl (C=O) groups is 3. The molecule has 0 aromatic carbocycles. The maximum absolute atomic E-state index is 11.8. The minimum atomic E-state index is -0.782. The number of hydrogen-bond donors (Lipinski definition) is 3. The molecule has 2 rings (SSSR count). The molecule has 2 atom stereocenters. The van der Waals surface area contributed by atoms with Gasteiger partial charge in [-0.15, -0.1) is 11.3 Å². The maximum Gasteiger partial charge on any atom is 0.249 e. The van der Waals surface area contributed by atoms with Crippen LogP contribution in [0.1, 0.15) is 23.8 Å². The molecule has 18 heavy (non-hydrogen) atoms. The number of imide groups is 1. The minimum absolute atomic E-state index is 0.227. The van der Waals surface area contributed by atoms with E-state index in [-0.39, 0.29) is 12.3 Å². The van der Waals surface area contributed by atoms with Gasteiger partial charge in [-0.2, -0.15) is 0 Å². The lowest BCUT2D eigenvalue weighted by Gasteiger charge is -2.23. The lowest BCUT2D eigenvalue weighted by atomic mass is 10.1. The third-order valence-corrected chi connectivity index (χ3v) is 3.64. The van der Waals surface area contributed by atoms with Gasteiger partial charge in [-0.05, 0) is 17.9 Å². The second-order valence-corrected chi connectivity index (χ2v) is 4.98. The zero-order valence-corrected chi connectivity index (χ0v) is 10.3. The molecule has 2 unspecified atom stereocenters. The van der Waals surface area contributed by atoms with Crippen molar-refractivity contribution in [2.45, 2.75) is 24.9 Å². The summed E-state index contributed by atoms with van der Waals surface area (Å²) in [5, 5.41) is 6.56. The summed E-state index contributed by atoms with van der Waals surface area (Å²) in [6.45, 7) is 0. The molecule has 1 aliphatic heterocycles. The van der Waals surface area contributed by atoms with Crippen LogP contribution in [0.3, 0.4) is 0 Å². The average Bonchev–Trinajstić information content (AvgIpc) is 2.85. The highest BCUT2D eigenvalue weighted by atomic mass is 32.1. The van der Waals surface area contributed by atoms with Gasteiger partial charge in [0.05, 0.1) is 0 Å². The van der Waals surface area contributed by atoms with Crippen LogP contribution in [0.2, 0.25) is 0 Å². The van der Waals surface area contributed by atoms with Crippen molar-refractivity contribution < 1.29 is 14.4 Å². The van der Waals surface area contributed by atoms with E-state index in [4.69, 9.17) is 5.73 Å². The van der Waals surface area contributed by atoms with E-state index in [0.29, 0.717) is 6.42 Å². The number of thiophene rings is 1. The summed E-state index contributed by atoms with van der Waals surface area (Å²) in [5.41, 5.74) is 5.77. The molecule has 0 spiro atoms. The van der Waals surface area contributed by atoms with Crippen LogP contribution in [0.5, 0.6) is 0 Å². The molecule has 2 heterocycles. The summed E-state index contributed by atoms with van der Waals surface area (Å²) in [6, 6.07) is 2.11. The zero-order chi connectivity index (χ0) is 13.1. The summed E-state index contributed by atoms with van der Waals surface area (Å²) in [4.78, 5) is 35.0. The van der Waals surface area contributed by atoms with Crippen molar-refractivity contribution in [3.8, 4) is 0 Å². The molecule has 7 heteroatoms. The van der Waals surface area contributed by atoms with Crippen molar-refractivity contribution in [2.75, 3.05) is 0 Å². The summed E-state index contributed by atoms with van der Waals surface area (Å²) in [6.07, 6.45) is 0.540. The van der Waals surface area contributed by atoms with Crippen LogP contribution in [0, 0.1) is 0 Å². The largest absolute Gasteiger partial charge is 0.343 e. The number of nitrogens with one attached hydrogen (secondary N) is 2. The van der Waals surface area contributed by atoms with Crippen molar-refractivity contribution in [3.05, 3.63) is 22.4 Å². The molecule has 3 amide bonds. The Bertz CT molecular complexity index is 472. The van der Waals surface area contributed by atoms with Crippen molar-refractivity contribution in [3.63, 3.8) is 0 Å². The van der Waals surface area contributed by atoms with Gasteiger partial charge in [0.25, 0.3) is 0 Å². The lowest BCUT2D eigenvalue weighted by molar-refractivity contribution is -0.137. The first kappa shape index (κ1) is 12.7. The lowest BCUT2D eigenvalue weighted by Crippen LogP contribution is -2.53. The van der Waals surface area contributed by atoms with E-state index < -0.39 is 23.9 Å². The Morgan fingerprint density at radius 1 is 1.56 bits per heavy atom. The number of hydrogen-bond acceptors (Lipinski definition) is 5. The highest BCUT2D eigenvalue weighted by molar-refractivity contribution is 7.10. The van der Waals surface area contributed by atoms with E-state index in [9.17, 15) is 14.4 Å². The standard InChI is InChI=1S/C11H13N3O3S/c12-9(7-2-1-5-18-7)11(17)13-6-3-4-8(15)14-10(6)16/h1-2,5-6,9H,3-4,12H2,(H,13,17)(H,14,15,16). The van der Waals surface area contributed by atoms with Gasteiger partial charge in [0, 0.05) is 11.3 Å². The molecule has 1 aromatic rings. The van der Waals surface area contributed by atoms with E-state index in [0.717, 1.165) is 4.88 Å². The topological polar surface area (TPSA) is 101 Å². The molecular formula is C11H13N3O3S. The second kappa shape index (κ2) is 5.28. The molecule has 4 N–H and O–H groups in total. The Morgan fingerprint density at radius 3 is 2.94 bits per heavy atom. The number of piperidine rings is 1. The Morgan fingerprint density at radius 2 is 2.33 bits per heavy atom.